The Labute approximate surface area is 54.3 Å². The third kappa shape index (κ3) is 1.53. The number of halogens is 1. The minimum atomic E-state index is -0.416. The number of benzene rings is 1. The van der Waals surface area contributed by atoms with Gasteiger partial charge in [-0.25, -0.2) is 4.39 Å². The Hall–Kier alpha value is -0.850. The van der Waals surface area contributed by atoms with Gasteiger partial charge in [-0.1, -0.05) is 24.3 Å². The average Bonchev–Trinajstić information content (AvgIpc) is 1.90. The van der Waals surface area contributed by atoms with Gasteiger partial charge in [0.25, 0.3) is 0 Å². The van der Waals surface area contributed by atoms with E-state index < -0.39 is 6.67 Å². The summed E-state index contributed by atoms with van der Waals surface area (Å²) in [5.41, 5.74) is 1.34. The van der Waals surface area contributed by atoms with Gasteiger partial charge in [-0.2, -0.15) is 0 Å². The lowest BCUT2D eigenvalue weighted by Crippen LogP contribution is -1.76. The molecular formula is C8H7F. The van der Waals surface area contributed by atoms with Crippen LogP contribution in [0.4, 0.5) is 4.39 Å². The average molecular weight is 122 g/mol. The van der Waals surface area contributed by atoms with Crippen molar-refractivity contribution in [3.63, 3.8) is 0 Å². The van der Waals surface area contributed by atoms with E-state index in [4.69, 9.17) is 6.92 Å². The van der Waals surface area contributed by atoms with Gasteiger partial charge in [0.05, 0.1) is 0 Å². The minimum Gasteiger partial charge on any atom is -0.246 e. The van der Waals surface area contributed by atoms with Crippen molar-refractivity contribution in [2.45, 2.75) is 6.67 Å². The predicted octanol–water partition coefficient (Wildman–Crippen LogP) is 2.22. The smallest absolute Gasteiger partial charge is 0.115 e. The molecule has 0 aliphatic rings. The first-order valence-electron chi connectivity index (χ1n) is 2.73. The quantitative estimate of drug-likeness (QED) is 0.535. The van der Waals surface area contributed by atoms with Crippen LogP contribution in [0.5, 0.6) is 0 Å². The van der Waals surface area contributed by atoms with Crippen LogP contribution in [0.15, 0.2) is 24.3 Å². The minimum absolute atomic E-state index is 0.416. The fourth-order valence-electron chi connectivity index (χ4n) is 0.607. The first-order valence-corrected chi connectivity index (χ1v) is 2.73. The van der Waals surface area contributed by atoms with Crippen LogP contribution in [0.2, 0.25) is 0 Å². The molecule has 0 bridgehead atoms. The topological polar surface area (TPSA) is 0 Å². The zero-order valence-electron chi connectivity index (χ0n) is 4.97. The van der Waals surface area contributed by atoms with Crippen molar-refractivity contribution in [3.05, 3.63) is 42.3 Å². The van der Waals surface area contributed by atoms with Crippen LogP contribution in [0.25, 0.3) is 0 Å². The van der Waals surface area contributed by atoms with E-state index in [0.29, 0.717) is 11.1 Å². The van der Waals surface area contributed by atoms with Crippen LogP contribution in [-0.4, -0.2) is 0 Å². The van der Waals surface area contributed by atoms with Crippen molar-refractivity contribution >= 4 is 0 Å². The lowest BCUT2D eigenvalue weighted by atomic mass is 10.2. The second-order valence-corrected chi connectivity index (χ2v) is 1.88. The summed E-state index contributed by atoms with van der Waals surface area (Å²) in [5, 5.41) is 0. The van der Waals surface area contributed by atoms with Gasteiger partial charge in [0, 0.05) is 0 Å². The van der Waals surface area contributed by atoms with Crippen molar-refractivity contribution in [3.8, 4) is 0 Å². The molecule has 2 radical (unpaired) electrons. The molecule has 1 aromatic carbocycles. The standard InChI is InChI=1S/C8H7F/c1-7-2-4-8(6-9)5-3-7/h1-5H,6H2. The van der Waals surface area contributed by atoms with Gasteiger partial charge in [-0.05, 0) is 18.1 Å². The van der Waals surface area contributed by atoms with Gasteiger partial charge in [0.15, 0.2) is 0 Å². The summed E-state index contributed by atoms with van der Waals surface area (Å²) in [4.78, 5) is 0. The Kier molecular flexibility index (Phi) is 1.83. The molecule has 0 amide bonds. The van der Waals surface area contributed by atoms with Crippen molar-refractivity contribution < 1.29 is 4.39 Å². The normalized spacial score (nSPS) is 9.56. The summed E-state index contributed by atoms with van der Waals surface area (Å²) in [6.45, 7) is 4.94. The van der Waals surface area contributed by atoms with Crippen LogP contribution in [0.3, 0.4) is 0 Å². The second kappa shape index (κ2) is 2.62. The maximum atomic E-state index is 11.8. The van der Waals surface area contributed by atoms with Crippen LogP contribution in [0.1, 0.15) is 11.1 Å². The molecule has 0 aliphatic carbocycles. The van der Waals surface area contributed by atoms with E-state index in [-0.39, 0.29) is 0 Å². The molecule has 0 aromatic heterocycles. The van der Waals surface area contributed by atoms with E-state index >= 15 is 0 Å². The Morgan fingerprint density at radius 2 is 1.78 bits per heavy atom. The molecule has 0 saturated heterocycles. The summed E-state index contributed by atoms with van der Waals surface area (Å²) in [5.74, 6) is 0. The predicted molar refractivity (Wildman–Crippen MR) is 34.7 cm³/mol. The summed E-state index contributed by atoms with van der Waals surface area (Å²) < 4.78 is 11.8. The number of hydrogen-bond acceptors (Lipinski definition) is 0. The van der Waals surface area contributed by atoms with Crippen molar-refractivity contribution in [1.29, 1.82) is 0 Å². The molecule has 0 fully saturated rings. The largest absolute Gasteiger partial charge is 0.246 e. The van der Waals surface area contributed by atoms with Gasteiger partial charge in [0.2, 0.25) is 0 Å². The highest BCUT2D eigenvalue weighted by molar-refractivity contribution is 5.23. The van der Waals surface area contributed by atoms with E-state index in [9.17, 15) is 4.39 Å². The first kappa shape index (κ1) is 6.27. The zero-order valence-corrected chi connectivity index (χ0v) is 4.97. The summed E-state index contributed by atoms with van der Waals surface area (Å²) in [6, 6.07) is 6.73. The van der Waals surface area contributed by atoms with Crippen LogP contribution in [0, 0.1) is 6.92 Å². The van der Waals surface area contributed by atoms with E-state index in [0.717, 1.165) is 0 Å². The Balaban J connectivity index is 2.88. The van der Waals surface area contributed by atoms with Crippen LogP contribution < -0.4 is 0 Å². The fraction of sp³-hybridized carbons (Fsp3) is 0.125. The highest BCUT2D eigenvalue weighted by Gasteiger charge is 1.87. The van der Waals surface area contributed by atoms with Gasteiger partial charge in [0.1, 0.15) is 6.67 Å². The monoisotopic (exact) mass is 122 g/mol. The summed E-state index contributed by atoms with van der Waals surface area (Å²) >= 11 is 0. The molecule has 0 unspecified atom stereocenters. The Morgan fingerprint density at radius 1 is 1.22 bits per heavy atom. The van der Waals surface area contributed by atoms with Crippen molar-refractivity contribution in [1.82, 2.24) is 0 Å². The lowest BCUT2D eigenvalue weighted by Gasteiger charge is -1.92. The van der Waals surface area contributed by atoms with Crippen molar-refractivity contribution in [2.24, 2.45) is 0 Å². The fourth-order valence-corrected chi connectivity index (χ4v) is 0.607. The molecule has 1 rings (SSSR count). The molecule has 0 N–H and O–H groups in total. The molecule has 0 saturated carbocycles. The van der Waals surface area contributed by atoms with Gasteiger partial charge < -0.3 is 0 Å². The third-order valence-corrected chi connectivity index (χ3v) is 1.13. The van der Waals surface area contributed by atoms with E-state index in [1.54, 1.807) is 24.3 Å². The summed E-state index contributed by atoms with van der Waals surface area (Å²) in [6.07, 6.45) is 0. The maximum absolute atomic E-state index is 11.8. The molecule has 46 valence electrons. The van der Waals surface area contributed by atoms with E-state index in [2.05, 4.69) is 0 Å². The number of alkyl halides is 1. The molecule has 9 heavy (non-hydrogen) atoms. The number of hydrogen-bond donors (Lipinski definition) is 0. The molecule has 0 spiro atoms. The third-order valence-electron chi connectivity index (χ3n) is 1.13. The van der Waals surface area contributed by atoms with Gasteiger partial charge >= 0.3 is 0 Å². The molecule has 0 atom stereocenters. The SMILES string of the molecule is [CH]c1ccc(CF)cc1. The Morgan fingerprint density at radius 3 is 2.22 bits per heavy atom. The molecule has 1 heteroatoms. The van der Waals surface area contributed by atoms with E-state index in [1.807, 2.05) is 0 Å². The zero-order chi connectivity index (χ0) is 6.69. The van der Waals surface area contributed by atoms with Crippen LogP contribution >= 0.6 is 0 Å². The maximum Gasteiger partial charge on any atom is 0.115 e. The van der Waals surface area contributed by atoms with Gasteiger partial charge in [-0.15, -0.1) is 0 Å². The highest BCUT2D eigenvalue weighted by Crippen LogP contribution is 2.03. The first-order chi connectivity index (χ1) is 4.33. The van der Waals surface area contributed by atoms with Crippen molar-refractivity contribution in [2.75, 3.05) is 0 Å². The molecular weight excluding hydrogens is 115 g/mol. The lowest BCUT2D eigenvalue weighted by molar-refractivity contribution is 0.485. The number of rotatable bonds is 1. The molecule has 0 aliphatic heterocycles. The highest BCUT2D eigenvalue weighted by atomic mass is 19.1. The van der Waals surface area contributed by atoms with Crippen LogP contribution in [-0.2, 0) is 6.67 Å². The molecule has 0 nitrogen and oxygen atoms in total. The van der Waals surface area contributed by atoms with Gasteiger partial charge in [-0.3, -0.25) is 0 Å². The second-order valence-electron chi connectivity index (χ2n) is 1.88. The van der Waals surface area contributed by atoms with E-state index in [1.165, 1.54) is 0 Å². The molecule has 1 aromatic rings. The Bertz CT molecular complexity index is 176. The summed E-state index contributed by atoms with van der Waals surface area (Å²) in [7, 11) is 0. The molecule has 0 heterocycles.